The number of aromatic carboxylic acids is 1. The fourth-order valence-electron chi connectivity index (χ4n) is 6.02. The van der Waals surface area contributed by atoms with E-state index < -0.39 is 54.6 Å². The summed E-state index contributed by atoms with van der Waals surface area (Å²) >= 11 is 0. The van der Waals surface area contributed by atoms with E-state index in [1.54, 1.807) is 6.07 Å². The number of nitrogens with zero attached hydrogens (tertiary/aromatic N) is 3. The number of carboxylic acids is 1. The van der Waals surface area contributed by atoms with Crippen LogP contribution in [0.4, 0.5) is 18.9 Å². The Morgan fingerprint density at radius 3 is 2.44 bits per heavy atom. The molecule has 1 N–H and O–H groups in total. The summed E-state index contributed by atoms with van der Waals surface area (Å²) in [4.78, 5) is 14.6. The average molecular weight is 547 g/mol. The lowest BCUT2D eigenvalue weighted by molar-refractivity contribution is -0.582. The van der Waals surface area contributed by atoms with Gasteiger partial charge in [-0.25, -0.2) is 22.5 Å². The van der Waals surface area contributed by atoms with Gasteiger partial charge >= 0.3 is 5.97 Å². The minimum atomic E-state index is -2.42. The second-order valence-corrected chi connectivity index (χ2v) is 15.3. The molecule has 0 saturated carbocycles. The van der Waals surface area contributed by atoms with Crippen molar-refractivity contribution in [2.24, 2.45) is 0 Å². The van der Waals surface area contributed by atoms with Gasteiger partial charge in [-0.05, 0) is 51.7 Å². The Labute approximate surface area is 225 Å². The van der Waals surface area contributed by atoms with E-state index >= 15 is 8.78 Å². The van der Waals surface area contributed by atoms with Crippen molar-refractivity contribution in [3.05, 3.63) is 86.9 Å². The molecular formula is C30H27F3N3O2Si+. The second-order valence-electron chi connectivity index (χ2n) is 11.0. The van der Waals surface area contributed by atoms with Crippen LogP contribution in [0.5, 0.6) is 0 Å². The van der Waals surface area contributed by atoms with Crippen molar-refractivity contribution in [3.8, 4) is 6.07 Å². The molecule has 3 heterocycles. The van der Waals surface area contributed by atoms with Crippen LogP contribution in [0.15, 0.2) is 47.2 Å². The molecule has 4 aliphatic rings. The molecule has 0 radical (unpaired) electrons. The van der Waals surface area contributed by atoms with E-state index in [0.717, 1.165) is 60.8 Å². The first-order chi connectivity index (χ1) is 18.6. The number of hydrogen-bond donors (Lipinski definition) is 1. The summed E-state index contributed by atoms with van der Waals surface area (Å²) in [7, 11) is -2.42. The summed E-state index contributed by atoms with van der Waals surface area (Å²) in [5, 5.41) is 21.2. The van der Waals surface area contributed by atoms with Crippen molar-refractivity contribution in [1.29, 1.82) is 5.26 Å². The number of hydrogen-bond acceptors (Lipinski definition) is 3. The number of anilines is 1. The van der Waals surface area contributed by atoms with Crippen LogP contribution >= 0.6 is 0 Å². The summed E-state index contributed by atoms with van der Waals surface area (Å²) in [6.07, 6.45) is 7.36. The number of carbonyl (C=O) groups is 1. The quantitative estimate of drug-likeness (QED) is 0.343. The predicted molar refractivity (Wildman–Crippen MR) is 146 cm³/mol. The molecule has 0 aromatic heterocycles. The fraction of sp³-hybridized carbons (Fsp3) is 0.300. The van der Waals surface area contributed by atoms with Crippen LogP contribution in [0.3, 0.4) is 0 Å². The molecule has 1 aliphatic carbocycles. The zero-order chi connectivity index (χ0) is 27.6. The van der Waals surface area contributed by atoms with Gasteiger partial charge in [-0.1, -0.05) is 19.2 Å². The zero-order valence-corrected chi connectivity index (χ0v) is 22.7. The first kappa shape index (κ1) is 25.4. The summed E-state index contributed by atoms with van der Waals surface area (Å²) < 4.78 is 48.6. The van der Waals surface area contributed by atoms with Crippen LogP contribution in [0.1, 0.15) is 39.9 Å². The highest BCUT2D eigenvalue weighted by Crippen LogP contribution is 2.45. The summed E-state index contributed by atoms with van der Waals surface area (Å²) in [6.45, 7) is 8.16. The number of rotatable bonds is 4. The highest BCUT2D eigenvalue weighted by atomic mass is 28.3. The SMILES string of the molecule is C[Si]1(C)C2=CC(=[N+]3CCC3)C=CC2=C(c2c(F)c(CC#N)c(F)c(F)c2C(=O)O)c2ccc(N3CCC3)cc21. The summed E-state index contributed by atoms with van der Waals surface area (Å²) in [5.74, 6) is -6.27. The van der Waals surface area contributed by atoms with Gasteiger partial charge in [0.2, 0.25) is 0 Å². The lowest BCUT2D eigenvalue weighted by Crippen LogP contribution is -2.50. The standard InChI is InChI=1S/C30H26F3N3O2Si/c1-39(2)22-15-17(35-11-3-12-35)5-7-19(22)24(20-8-6-18(16-23(20)39)36-13-4-14-36)25-26(30(37)38)29(33)28(32)21(9-10-34)27(25)31/h5-8,15-16H,3-4,9,11-14H2,1-2H3/p+1. The van der Waals surface area contributed by atoms with Crippen LogP contribution in [0, 0.1) is 28.8 Å². The third kappa shape index (κ3) is 3.73. The lowest BCUT2D eigenvalue weighted by Gasteiger charge is -2.40. The number of carboxylic acid groups (broad SMARTS) is 1. The molecule has 6 rings (SSSR count). The molecule has 0 unspecified atom stereocenters. The molecule has 0 atom stereocenters. The number of allylic oxidation sites excluding steroid dienone is 5. The van der Waals surface area contributed by atoms with Crippen molar-refractivity contribution in [2.45, 2.75) is 32.4 Å². The Morgan fingerprint density at radius 1 is 1.10 bits per heavy atom. The van der Waals surface area contributed by atoms with E-state index in [0.29, 0.717) is 11.1 Å². The van der Waals surface area contributed by atoms with Crippen LogP contribution < -0.4 is 10.1 Å². The van der Waals surface area contributed by atoms with Gasteiger partial charge in [0.15, 0.2) is 17.3 Å². The normalized spacial score (nSPS) is 19.1. The largest absolute Gasteiger partial charge is 0.478 e. The number of fused-ring (bicyclic) bond motifs is 2. The topological polar surface area (TPSA) is 67.3 Å². The van der Waals surface area contributed by atoms with Crippen LogP contribution in [-0.2, 0) is 6.42 Å². The fourth-order valence-corrected chi connectivity index (χ4v) is 9.09. The van der Waals surface area contributed by atoms with Crippen molar-refractivity contribution < 1.29 is 27.6 Å². The molecule has 0 spiro atoms. The number of nitriles is 1. The summed E-state index contributed by atoms with van der Waals surface area (Å²) in [6, 6.07) is 7.57. The maximum atomic E-state index is 16.2. The molecule has 39 heavy (non-hydrogen) atoms. The van der Waals surface area contributed by atoms with E-state index in [1.165, 1.54) is 0 Å². The van der Waals surface area contributed by atoms with E-state index in [2.05, 4.69) is 34.7 Å². The molecule has 3 aliphatic heterocycles. The Morgan fingerprint density at radius 2 is 1.85 bits per heavy atom. The zero-order valence-electron chi connectivity index (χ0n) is 21.7. The Hall–Kier alpha value is -3.90. The molecule has 2 aromatic rings. The Bertz CT molecular complexity index is 1640. The molecule has 0 amide bonds. The molecule has 198 valence electrons. The highest BCUT2D eigenvalue weighted by molar-refractivity contribution is 6.98. The Balaban J connectivity index is 1.72. The minimum absolute atomic E-state index is 0.227. The summed E-state index contributed by atoms with van der Waals surface area (Å²) in [5.41, 5.74) is 1.22. The molecule has 5 nitrogen and oxygen atoms in total. The van der Waals surface area contributed by atoms with Crippen molar-refractivity contribution in [1.82, 2.24) is 0 Å². The van der Waals surface area contributed by atoms with E-state index in [-0.39, 0.29) is 5.57 Å². The maximum Gasteiger partial charge on any atom is 0.339 e. The lowest BCUT2D eigenvalue weighted by atomic mass is 9.85. The first-order valence-corrected chi connectivity index (χ1v) is 16.1. The highest BCUT2D eigenvalue weighted by Gasteiger charge is 2.43. The first-order valence-electron chi connectivity index (χ1n) is 13.1. The molecule has 2 aromatic carbocycles. The van der Waals surface area contributed by atoms with E-state index in [1.807, 2.05) is 24.3 Å². The van der Waals surface area contributed by atoms with E-state index in [9.17, 15) is 19.6 Å². The van der Waals surface area contributed by atoms with Crippen molar-refractivity contribution in [2.75, 3.05) is 31.1 Å². The van der Waals surface area contributed by atoms with Gasteiger partial charge in [-0.15, -0.1) is 0 Å². The Kier molecular flexibility index (Phi) is 5.92. The van der Waals surface area contributed by atoms with Gasteiger partial charge < -0.3 is 10.0 Å². The third-order valence-electron chi connectivity index (χ3n) is 8.47. The van der Waals surface area contributed by atoms with Gasteiger partial charge in [0, 0.05) is 42.1 Å². The molecule has 2 saturated heterocycles. The smallest absolute Gasteiger partial charge is 0.339 e. The van der Waals surface area contributed by atoms with E-state index in [4.69, 9.17) is 0 Å². The molecular weight excluding hydrogens is 519 g/mol. The number of halogens is 3. The van der Waals surface area contributed by atoms with Crippen LogP contribution in [-0.4, -0.2) is 55.6 Å². The van der Waals surface area contributed by atoms with Gasteiger partial charge in [0.25, 0.3) is 0 Å². The minimum Gasteiger partial charge on any atom is -0.478 e. The van der Waals surface area contributed by atoms with Crippen LogP contribution in [0.25, 0.3) is 5.57 Å². The van der Waals surface area contributed by atoms with Crippen molar-refractivity contribution in [3.63, 3.8) is 0 Å². The van der Waals surface area contributed by atoms with Crippen LogP contribution in [0.2, 0.25) is 13.1 Å². The van der Waals surface area contributed by atoms with Gasteiger partial charge in [-0.3, -0.25) is 0 Å². The maximum absolute atomic E-state index is 16.2. The monoisotopic (exact) mass is 546 g/mol. The average Bonchev–Trinajstić information content (AvgIpc) is 2.83. The molecule has 2 fully saturated rings. The molecule has 9 heteroatoms. The predicted octanol–water partition coefficient (Wildman–Crippen LogP) is 4.70. The van der Waals surface area contributed by atoms with Gasteiger partial charge in [-0.2, -0.15) is 5.26 Å². The number of benzene rings is 2. The van der Waals surface area contributed by atoms with Gasteiger partial charge in [0.05, 0.1) is 18.9 Å². The third-order valence-corrected chi connectivity index (χ3v) is 12.0. The van der Waals surface area contributed by atoms with Gasteiger partial charge in [0.1, 0.15) is 32.5 Å². The van der Waals surface area contributed by atoms with Crippen molar-refractivity contribution >= 4 is 36.2 Å². The molecule has 0 bridgehead atoms. The second kappa shape index (κ2) is 9.09.